The van der Waals surface area contributed by atoms with Gasteiger partial charge in [0, 0.05) is 44.1 Å². The molecule has 1 aromatic carbocycles. The van der Waals surface area contributed by atoms with E-state index in [2.05, 4.69) is 27.2 Å². The molecular formula is C25H35FN4O3. The van der Waals surface area contributed by atoms with Crippen molar-refractivity contribution < 1.29 is 18.4 Å². The molecule has 3 fully saturated rings. The Hall–Kier alpha value is -2.19. The second-order valence-electron chi connectivity index (χ2n) is 10.5. The Bertz CT molecular complexity index is 960. The number of aromatic nitrogens is 1. The minimum absolute atomic E-state index is 0.0439. The first-order valence-electron chi connectivity index (χ1n) is 12.4. The predicted octanol–water partition coefficient (Wildman–Crippen LogP) is 3.58. The van der Waals surface area contributed by atoms with Crippen LogP contribution in [0.3, 0.4) is 0 Å². The van der Waals surface area contributed by atoms with Crippen LogP contribution in [-0.2, 0) is 9.53 Å². The number of nitrogens with zero attached hydrogens (tertiary/aromatic N) is 3. The van der Waals surface area contributed by atoms with Crippen LogP contribution in [0.25, 0.3) is 11.0 Å². The van der Waals surface area contributed by atoms with Crippen LogP contribution in [0.1, 0.15) is 45.4 Å². The van der Waals surface area contributed by atoms with Crippen LogP contribution in [0.15, 0.2) is 22.7 Å². The van der Waals surface area contributed by atoms with Crippen LogP contribution in [0, 0.1) is 17.2 Å². The standard InChI is InChI=1S/C25H35FN4O3/c1-25(16-32-17-25)15-23(31)27-20-5-2-18(3-6-20)8-9-29-10-12-30(13-11-29)24-21-14-19(26)4-7-22(21)33-28-24/h4,7,14,18,20H,2-3,5-6,8-13,15-17H2,1H3,(H,27,31)/t18-,20-. The van der Waals surface area contributed by atoms with Gasteiger partial charge in [-0.15, -0.1) is 0 Å². The average molecular weight is 459 g/mol. The number of hydrogen-bond donors (Lipinski definition) is 1. The normalized spacial score (nSPS) is 25.7. The van der Waals surface area contributed by atoms with Gasteiger partial charge in [0.25, 0.3) is 0 Å². The SMILES string of the molecule is CC1(CC(=O)N[C@H]2CC[C@H](CCN3CCN(c4noc5ccc(F)cc45)CC3)CC2)COC1. The van der Waals surface area contributed by atoms with Crippen molar-refractivity contribution in [1.82, 2.24) is 15.4 Å². The highest BCUT2D eigenvalue weighted by atomic mass is 19.1. The second kappa shape index (κ2) is 9.58. The topological polar surface area (TPSA) is 70.8 Å². The summed E-state index contributed by atoms with van der Waals surface area (Å²) in [4.78, 5) is 17.1. The molecule has 1 N–H and O–H groups in total. The molecule has 1 aromatic heterocycles. The molecule has 0 spiro atoms. The van der Waals surface area contributed by atoms with Crippen LogP contribution in [0.2, 0.25) is 0 Å². The van der Waals surface area contributed by atoms with Crippen molar-refractivity contribution in [1.29, 1.82) is 0 Å². The average Bonchev–Trinajstić information content (AvgIpc) is 3.21. The molecule has 0 atom stereocenters. The van der Waals surface area contributed by atoms with Crippen LogP contribution >= 0.6 is 0 Å². The van der Waals surface area contributed by atoms with Gasteiger partial charge in [-0.3, -0.25) is 9.69 Å². The summed E-state index contributed by atoms with van der Waals surface area (Å²) in [6.07, 6.45) is 6.37. The summed E-state index contributed by atoms with van der Waals surface area (Å²) >= 11 is 0. The smallest absolute Gasteiger partial charge is 0.220 e. The molecule has 0 unspecified atom stereocenters. The molecule has 2 aromatic rings. The van der Waals surface area contributed by atoms with E-state index in [1.165, 1.54) is 31.4 Å². The van der Waals surface area contributed by atoms with E-state index in [0.717, 1.165) is 62.7 Å². The Morgan fingerprint density at radius 1 is 1.18 bits per heavy atom. The van der Waals surface area contributed by atoms with Gasteiger partial charge < -0.3 is 19.5 Å². The molecule has 2 saturated heterocycles. The maximum absolute atomic E-state index is 13.6. The van der Waals surface area contributed by atoms with E-state index in [1.807, 2.05) is 0 Å². The van der Waals surface area contributed by atoms with Crippen molar-refractivity contribution in [3.63, 3.8) is 0 Å². The van der Waals surface area contributed by atoms with Crippen molar-refractivity contribution in [2.24, 2.45) is 11.3 Å². The second-order valence-corrected chi connectivity index (χ2v) is 10.5. The molecule has 1 amide bonds. The summed E-state index contributed by atoms with van der Waals surface area (Å²) in [5.41, 5.74) is 0.675. The largest absolute Gasteiger partial charge is 0.380 e. The lowest BCUT2D eigenvalue weighted by atomic mass is 9.82. The monoisotopic (exact) mass is 458 g/mol. The molecule has 3 aliphatic rings. The Labute approximate surface area is 194 Å². The van der Waals surface area contributed by atoms with E-state index in [-0.39, 0.29) is 17.1 Å². The van der Waals surface area contributed by atoms with Gasteiger partial charge in [0.2, 0.25) is 5.91 Å². The van der Waals surface area contributed by atoms with Gasteiger partial charge >= 0.3 is 0 Å². The van der Waals surface area contributed by atoms with E-state index >= 15 is 0 Å². The van der Waals surface area contributed by atoms with Crippen molar-refractivity contribution in [3.05, 3.63) is 24.0 Å². The van der Waals surface area contributed by atoms with E-state index in [4.69, 9.17) is 9.26 Å². The lowest BCUT2D eigenvalue weighted by molar-refractivity contribution is -0.139. The fourth-order valence-corrected chi connectivity index (χ4v) is 5.49. The number of rotatable bonds is 7. The van der Waals surface area contributed by atoms with Crippen LogP contribution in [-0.4, -0.2) is 67.9 Å². The highest BCUT2D eigenvalue weighted by Crippen LogP contribution is 2.32. The lowest BCUT2D eigenvalue weighted by Gasteiger charge is -2.38. The lowest BCUT2D eigenvalue weighted by Crippen LogP contribution is -2.47. The van der Waals surface area contributed by atoms with Crippen LogP contribution in [0.5, 0.6) is 0 Å². The molecule has 0 radical (unpaired) electrons. The fraction of sp³-hybridized carbons (Fsp3) is 0.680. The number of ether oxygens (including phenoxy) is 1. The van der Waals surface area contributed by atoms with E-state index < -0.39 is 0 Å². The van der Waals surface area contributed by atoms with Gasteiger partial charge in [0.15, 0.2) is 11.4 Å². The quantitative estimate of drug-likeness (QED) is 0.684. The number of carbonyl (C=O) groups is 1. The molecule has 1 saturated carbocycles. The summed E-state index contributed by atoms with van der Waals surface area (Å²) in [7, 11) is 0. The van der Waals surface area contributed by atoms with E-state index in [1.54, 1.807) is 6.07 Å². The molecule has 33 heavy (non-hydrogen) atoms. The van der Waals surface area contributed by atoms with Gasteiger partial charge in [0.05, 0.1) is 18.6 Å². The zero-order valence-corrected chi connectivity index (χ0v) is 19.5. The Morgan fingerprint density at radius 3 is 2.64 bits per heavy atom. The minimum atomic E-state index is -0.262. The predicted molar refractivity (Wildman–Crippen MR) is 125 cm³/mol. The number of amides is 1. The van der Waals surface area contributed by atoms with Gasteiger partial charge in [0.1, 0.15) is 5.82 Å². The number of hydrogen-bond acceptors (Lipinski definition) is 6. The Morgan fingerprint density at radius 2 is 1.94 bits per heavy atom. The number of halogens is 1. The summed E-state index contributed by atoms with van der Waals surface area (Å²) < 4.78 is 24.3. The van der Waals surface area contributed by atoms with E-state index in [9.17, 15) is 9.18 Å². The number of carbonyl (C=O) groups excluding carboxylic acids is 1. The van der Waals surface area contributed by atoms with Crippen molar-refractivity contribution in [3.8, 4) is 0 Å². The first-order chi connectivity index (χ1) is 16.0. The molecule has 1 aliphatic carbocycles. The van der Waals surface area contributed by atoms with Crippen molar-refractivity contribution in [2.75, 3.05) is 50.8 Å². The zero-order valence-electron chi connectivity index (χ0n) is 19.5. The maximum atomic E-state index is 13.6. The Balaban J connectivity index is 1.01. The third-order valence-corrected chi connectivity index (χ3v) is 7.64. The molecule has 8 heteroatoms. The van der Waals surface area contributed by atoms with Gasteiger partial charge in [-0.2, -0.15) is 0 Å². The number of fused-ring (bicyclic) bond motifs is 1. The molecule has 0 bridgehead atoms. The van der Waals surface area contributed by atoms with Crippen molar-refractivity contribution in [2.45, 2.75) is 51.5 Å². The van der Waals surface area contributed by atoms with Crippen LogP contribution in [0.4, 0.5) is 10.2 Å². The third kappa shape index (κ3) is 5.32. The first kappa shape index (κ1) is 22.6. The molecule has 3 heterocycles. The van der Waals surface area contributed by atoms with Gasteiger partial charge in [-0.25, -0.2) is 4.39 Å². The Kier molecular flexibility index (Phi) is 6.56. The molecule has 7 nitrogen and oxygen atoms in total. The first-order valence-corrected chi connectivity index (χ1v) is 12.4. The number of anilines is 1. The van der Waals surface area contributed by atoms with Gasteiger partial charge in [-0.1, -0.05) is 12.1 Å². The highest BCUT2D eigenvalue weighted by molar-refractivity contribution is 5.88. The molecule has 180 valence electrons. The molecule has 2 aliphatic heterocycles. The minimum Gasteiger partial charge on any atom is -0.380 e. The highest BCUT2D eigenvalue weighted by Gasteiger charge is 2.36. The van der Waals surface area contributed by atoms with Crippen molar-refractivity contribution >= 4 is 22.7 Å². The van der Waals surface area contributed by atoms with Crippen LogP contribution < -0.4 is 10.2 Å². The summed E-state index contributed by atoms with van der Waals surface area (Å²) in [5.74, 6) is 1.42. The molecule has 5 rings (SSSR count). The van der Waals surface area contributed by atoms with E-state index in [0.29, 0.717) is 31.3 Å². The number of nitrogens with one attached hydrogen (secondary N) is 1. The summed E-state index contributed by atoms with van der Waals surface area (Å²) in [6.45, 7) is 8.36. The van der Waals surface area contributed by atoms with Gasteiger partial charge in [-0.05, 0) is 62.8 Å². The summed E-state index contributed by atoms with van der Waals surface area (Å²) in [5, 5.41) is 8.20. The number of benzene rings is 1. The fourth-order valence-electron chi connectivity index (χ4n) is 5.49. The number of piperazine rings is 1. The maximum Gasteiger partial charge on any atom is 0.220 e. The zero-order chi connectivity index (χ0) is 22.8. The molecular weight excluding hydrogens is 423 g/mol. The third-order valence-electron chi connectivity index (χ3n) is 7.64. The summed E-state index contributed by atoms with van der Waals surface area (Å²) in [6, 6.07) is 4.89.